The van der Waals surface area contributed by atoms with Crippen LogP contribution in [0.1, 0.15) is 17.8 Å². The molecule has 4 nitrogen and oxygen atoms in total. The number of aliphatic hydroxyl groups excluding tert-OH is 1. The van der Waals surface area contributed by atoms with Crippen LogP contribution in [0.4, 0.5) is 0 Å². The van der Waals surface area contributed by atoms with Gasteiger partial charge in [0.25, 0.3) is 0 Å². The maximum atomic E-state index is 8.62. The molecule has 98 valence electrons. The van der Waals surface area contributed by atoms with Crippen LogP contribution >= 0.6 is 11.3 Å². The lowest BCUT2D eigenvalue weighted by Crippen LogP contribution is -2.38. The largest absolute Gasteiger partial charge is 0.394 e. The van der Waals surface area contributed by atoms with Gasteiger partial charge in [0.15, 0.2) is 0 Å². The van der Waals surface area contributed by atoms with Crippen molar-refractivity contribution in [3.63, 3.8) is 0 Å². The summed E-state index contributed by atoms with van der Waals surface area (Å²) >= 11 is 1.73. The van der Waals surface area contributed by atoms with E-state index in [1.807, 2.05) is 13.0 Å². The molecule has 0 aliphatic rings. The first-order chi connectivity index (χ1) is 8.16. The van der Waals surface area contributed by atoms with E-state index in [2.05, 4.69) is 23.4 Å². The summed E-state index contributed by atoms with van der Waals surface area (Å²) in [5.74, 6) is 0. The molecule has 1 aromatic rings. The molecule has 0 spiro atoms. The van der Waals surface area contributed by atoms with Gasteiger partial charge in [0.2, 0.25) is 0 Å². The van der Waals surface area contributed by atoms with Gasteiger partial charge >= 0.3 is 0 Å². The molecule has 1 heterocycles. The highest BCUT2D eigenvalue weighted by molar-refractivity contribution is 7.10. The van der Waals surface area contributed by atoms with Gasteiger partial charge in [-0.05, 0) is 25.4 Å². The zero-order valence-electron chi connectivity index (χ0n) is 10.5. The van der Waals surface area contributed by atoms with Gasteiger partial charge in [0.05, 0.1) is 25.9 Å². The first-order valence-corrected chi connectivity index (χ1v) is 6.72. The summed E-state index contributed by atoms with van der Waals surface area (Å²) in [5.41, 5.74) is 6.04. The van der Waals surface area contributed by atoms with E-state index in [4.69, 9.17) is 15.6 Å². The number of likely N-dealkylation sites (N-methyl/N-ethyl adjacent to an activating group) is 1. The molecule has 5 heteroatoms. The zero-order valence-corrected chi connectivity index (χ0v) is 11.3. The van der Waals surface area contributed by atoms with Crippen molar-refractivity contribution in [3.8, 4) is 0 Å². The molecule has 0 aromatic carbocycles. The average Bonchev–Trinajstić information content (AvgIpc) is 2.77. The Kier molecular flexibility index (Phi) is 6.69. The molecule has 3 N–H and O–H groups in total. The maximum absolute atomic E-state index is 8.62. The van der Waals surface area contributed by atoms with Gasteiger partial charge in [-0.15, -0.1) is 11.3 Å². The van der Waals surface area contributed by atoms with Gasteiger partial charge in [0.1, 0.15) is 0 Å². The SMILES string of the molecule is CC(N)C(c1cccs1)N(C)CCOCCO. The van der Waals surface area contributed by atoms with Gasteiger partial charge in [-0.25, -0.2) is 0 Å². The Morgan fingerprint density at radius 1 is 1.53 bits per heavy atom. The second-order valence-corrected chi connectivity index (χ2v) is 5.12. The van der Waals surface area contributed by atoms with Crippen molar-refractivity contribution in [2.45, 2.75) is 19.0 Å². The summed E-state index contributed by atoms with van der Waals surface area (Å²) in [6, 6.07) is 4.47. The van der Waals surface area contributed by atoms with Crippen LogP contribution < -0.4 is 5.73 Å². The third kappa shape index (κ3) is 4.73. The highest BCUT2D eigenvalue weighted by atomic mass is 32.1. The summed E-state index contributed by atoms with van der Waals surface area (Å²) < 4.78 is 5.27. The number of ether oxygens (including phenoxy) is 1. The van der Waals surface area contributed by atoms with Gasteiger partial charge < -0.3 is 15.6 Å². The van der Waals surface area contributed by atoms with Gasteiger partial charge in [-0.2, -0.15) is 0 Å². The molecule has 0 saturated carbocycles. The van der Waals surface area contributed by atoms with Crippen LogP contribution in [0, 0.1) is 0 Å². The molecule has 0 fully saturated rings. The van der Waals surface area contributed by atoms with E-state index in [-0.39, 0.29) is 18.7 Å². The number of nitrogens with two attached hydrogens (primary N) is 1. The summed E-state index contributed by atoms with van der Waals surface area (Å²) in [6.45, 7) is 3.92. The topological polar surface area (TPSA) is 58.7 Å². The van der Waals surface area contributed by atoms with Crippen molar-refractivity contribution in [1.29, 1.82) is 0 Å². The summed E-state index contributed by atoms with van der Waals surface area (Å²) in [4.78, 5) is 3.48. The highest BCUT2D eigenvalue weighted by Crippen LogP contribution is 2.26. The predicted molar refractivity (Wildman–Crippen MR) is 71.2 cm³/mol. The Bertz CT molecular complexity index is 291. The number of hydrogen-bond donors (Lipinski definition) is 2. The lowest BCUT2D eigenvalue weighted by molar-refractivity contribution is 0.0683. The fourth-order valence-corrected chi connectivity index (χ4v) is 2.86. The summed E-state index contributed by atoms with van der Waals surface area (Å²) in [6.07, 6.45) is 0. The van der Waals surface area contributed by atoms with Crippen molar-refractivity contribution < 1.29 is 9.84 Å². The second-order valence-electron chi connectivity index (χ2n) is 4.14. The molecule has 0 aliphatic carbocycles. The Morgan fingerprint density at radius 2 is 2.29 bits per heavy atom. The highest BCUT2D eigenvalue weighted by Gasteiger charge is 2.21. The van der Waals surface area contributed by atoms with E-state index in [0.29, 0.717) is 13.2 Å². The molecular weight excluding hydrogens is 236 g/mol. The standard InChI is InChI=1S/C12H22N2O2S/c1-10(13)12(11-4-3-9-17-11)14(2)5-7-16-8-6-15/h3-4,9-10,12,15H,5-8,13H2,1-2H3. The van der Waals surface area contributed by atoms with E-state index in [1.54, 1.807) is 11.3 Å². The van der Waals surface area contributed by atoms with Crippen LogP contribution in [0.3, 0.4) is 0 Å². The monoisotopic (exact) mass is 258 g/mol. The number of rotatable bonds is 8. The van der Waals surface area contributed by atoms with E-state index in [1.165, 1.54) is 4.88 Å². The molecule has 0 bridgehead atoms. The van der Waals surface area contributed by atoms with E-state index in [0.717, 1.165) is 6.54 Å². The summed E-state index contributed by atoms with van der Waals surface area (Å²) in [5, 5.41) is 10.7. The molecule has 0 amide bonds. The van der Waals surface area contributed by atoms with Crippen molar-refractivity contribution >= 4 is 11.3 Å². The predicted octanol–water partition coefficient (Wildman–Crippen LogP) is 1.08. The molecule has 0 aliphatic heterocycles. The average molecular weight is 258 g/mol. The van der Waals surface area contributed by atoms with Crippen LogP contribution in [0.15, 0.2) is 17.5 Å². The number of hydrogen-bond acceptors (Lipinski definition) is 5. The normalized spacial score (nSPS) is 15.1. The third-order valence-corrected chi connectivity index (χ3v) is 3.57. The van der Waals surface area contributed by atoms with E-state index in [9.17, 15) is 0 Å². The Labute approximate surface area is 107 Å². The molecule has 2 atom stereocenters. The molecule has 1 aromatic heterocycles. The third-order valence-electron chi connectivity index (χ3n) is 2.63. The molecule has 1 rings (SSSR count). The minimum Gasteiger partial charge on any atom is -0.394 e. The fourth-order valence-electron chi connectivity index (χ4n) is 1.85. The Hall–Kier alpha value is -0.460. The quantitative estimate of drug-likeness (QED) is 0.685. The first-order valence-electron chi connectivity index (χ1n) is 5.84. The van der Waals surface area contributed by atoms with Crippen LogP contribution in [0.5, 0.6) is 0 Å². The molecular formula is C12H22N2O2S. The van der Waals surface area contributed by atoms with Gasteiger partial charge in [-0.1, -0.05) is 6.07 Å². The van der Waals surface area contributed by atoms with Crippen molar-refractivity contribution in [3.05, 3.63) is 22.4 Å². The number of nitrogens with zero attached hydrogens (tertiary/aromatic N) is 1. The number of aliphatic hydroxyl groups is 1. The Morgan fingerprint density at radius 3 is 2.82 bits per heavy atom. The van der Waals surface area contributed by atoms with Crippen molar-refractivity contribution in [2.24, 2.45) is 5.73 Å². The zero-order chi connectivity index (χ0) is 12.7. The van der Waals surface area contributed by atoms with Gasteiger partial charge in [-0.3, -0.25) is 4.90 Å². The lowest BCUT2D eigenvalue weighted by Gasteiger charge is -2.30. The molecule has 2 unspecified atom stereocenters. The summed E-state index contributed by atoms with van der Waals surface area (Å²) in [7, 11) is 2.05. The minimum absolute atomic E-state index is 0.0748. The van der Waals surface area contributed by atoms with Crippen molar-refractivity contribution in [2.75, 3.05) is 33.4 Å². The van der Waals surface area contributed by atoms with Crippen LogP contribution in [0.25, 0.3) is 0 Å². The second kappa shape index (κ2) is 7.79. The molecule has 17 heavy (non-hydrogen) atoms. The van der Waals surface area contributed by atoms with Crippen LogP contribution in [-0.4, -0.2) is 49.5 Å². The molecule has 0 saturated heterocycles. The fraction of sp³-hybridized carbons (Fsp3) is 0.667. The van der Waals surface area contributed by atoms with E-state index >= 15 is 0 Å². The lowest BCUT2D eigenvalue weighted by atomic mass is 10.1. The van der Waals surface area contributed by atoms with E-state index < -0.39 is 0 Å². The van der Waals surface area contributed by atoms with Crippen LogP contribution in [0.2, 0.25) is 0 Å². The van der Waals surface area contributed by atoms with Gasteiger partial charge in [0, 0.05) is 17.5 Å². The minimum atomic E-state index is 0.0748. The number of thiophene rings is 1. The molecule has 0 radical (unpaired) electrons. The smallest absolute Gasteiger partial charge is 0.0698 e. The van der Waals surface area contributed by atoms with Crippen LogP contribution in [-0.2, 0) is 4.74 Å². The van der Waals surface area contributed by atoms with Crippen molar-refractivity contribution in [1.82, 2.24) is 4.90 Å². The maximum Gasteiger partial charge on any atom is 0.0698 e. The first kappa shape index (κ1) is 14.6. The Balaban J connectivity index is 2.47.